The Labute approximate surface area is 201 Å². The van der Waals surface area contributed by atoms with Gasteiger partial charge in [-0.3, -0.25) is 4.79 Å². The van der Waals surface area contributed by atoms with Crippen LogP contribution in [-0.4, -0.2) is 17.0 Å². The molecule has 33 heavy (non-hydrogen) atoms. The highest BCUT2D eigenvalue weighted by molar-refractivity contribution is 7.16. The van der Waals surface area contributed by atoms with E-state index in [4.69, 9.17) is 0 Å². The van der Waals surface area contributed by atoms with Crippen LogP contribution in [0.5, 0.6) is 0 Å². The topological polar surface area (TPSA) is 66.4 Å². The summed E-state index contributed by atoms with van der Waals surface area (Å²) < 4.78 is 0. The third-order valence-corrected chi connectivity index (χ3v) is 7.34. The van der Waals surface area contributed by atoms with Gasteiger partial charge in [0.05, 0.1) is 11.3 Å². The third-order valence-electron chi connectivity index (χ3n) is 6.06. The molecule has 3 rings (SSSR count). The Bertz CT molecular complexity index is 1090. The number of hydrogen-bond acceptors (Lipinski definition) is 3. The molecule has 0 aliphatic heterocycles. The van der Waals surface area contributed by atoms with Gasteiger partial charge in [-0.15, -0.1) is 11.3 Å². The van der Waals surface area contributed by atoms with Gasteiger partial charge in [0.2, 0.25) is 0 Å². The number of anilines is 1. The molecular formula is C28H35NO3S. The molecular weight excluding hydrogens is 430 g/mol. The number of nitrogens with one attached hydrogen (secondary N) is 1. The van der Waals surface area contributed by atoms with Crippen molar-refractivity contribution in [3.05, 3.63) is 63.3 Å². The molecule has 5 heteroatoms. The molecule has 0 spiro atoms. The average Bonchev–Trinajstić information content (AvgIpc) is 3.16. The molecule has 0 atom stereocenters. The van der Waals surface area contributed by atoms with Crippen molar-refractivity contribution in [2.24, 2.45) is 0 Å². The Morgan fingerprint density at radius 1 is 0.879 bits per heavy atom. The lowest BCUT2D eigenvalue weighted by Crippen LogP contribution is -2.13. The Morgan fingerprint density at radius 3 is 2.24 bits per heavy atom. The van der Waals surface area contributed by atoms with Crippen molar-refractivity contribution in [2.75, 3.05) is 5.32 Å². The van der Waals surface area contributed by atoms with Gasteiger partial charge in [0.1, 0.15) is 4.88 Å². The number of thiophene rings is 1. The monoisotopic (exact) mass is 465 g/mol. The van der Waals surface area contributed by atoms with Crippen LogP contribution in [0.1, 0.15) is 95.2 Å². The summed E-state index contributed by atoms with van der Waals surface area (Å²) in [5.41, 5.74) is 1.60. The number of carbonyl (C=O) groups excluding carboxylic acids is 1. The SMILES string of the molecule is CCCCCCCCCCCc1sc(C(=O)Nc2ccccc2C(=O)O)c2ccc(C)cc12. The van der Waals surface area contributed by atoms with Crippen molar-refractivity contribution < 1.29 is 14.7 Å². The molecule has 0 unspecified atom stereocenters. The van der Waals surface area contributed by atoms with Gasteiger partial charge in [-0.25, -0.2) is 4.79 Å². The van der Waals surface area contributed by atoms with Gasteiger partial charge in [0.25, 0.3) is 5.91 Å². The molecule has 176 valence electrons. The smallest absolute Gasteiger partial charge is 0.337 e. The van der Waals surface area contributed by atoms with Gasteiger partial charge in [0.15, 0.2) is 0 Å². The lowest BCUT2D eigenvalue weighted by molar-refractivity contribution is 0.0698. The van der Waals surface area contributed by atoms with Crippen molar-refractivity contribution >= 4 is 39.7 Å². The van der Waals surface area contributed by atoms with Crippen LogP contribution in [0.4, 0.5) is 5.69 Å². The van der Waals surface area contributed by atoms with Crippen LogP contribution in [0, 0.1) is 6.92 Å². The lowest BCUT2D eigenvalue weighted by atomic mass is 10.0. The first kappa shape index (κ1) is 25.0. The molecule has 1 heterocycles. The summed E-state index contributed by atoms with van der Waals surface area (Å²) in [4.78, 5) is 26.5. The van der Waals surface area contributed by atoms with Crippen molar-refractivity contribution in [1.82, 2.24) is 0 Å². The minimum atomic E-state index is -1.05. The van der Waals surface area contributed by atoms with E-state index in [1.165, 1.54) is 67.9 Å². The Kier molecular flexibility index (Phi) is 9.49. The molecule has 2 aromatic carbocycles. The maximum atomic E-state index is 13.1. The van der Waals surface area contributed by atoms with Gasteiger partial charge in [-0.05, 0) is 37.3 Å². The first-order chi connectivity index (χ1) is 16.0. The number of aromatic carboxylic acids is 1. The second kappa shape index (κ2) is 12.5. The minimum Gasteiger partial charge on any atom is -0.478 e. The molecule has 0 radical (unpaired) electrons. The zero-order chi connectivity index (χ0) is 23.6. The van der Waals surface area contributed by atoms with Crippen molar-refractivity contribution in [3.8, 4) is 0 Å². The molecule has 1 aromatic heterocycles. The van der Waals surface area contributed by atoms with Crippen molar-refractivity contribution in [3.63, 3.8) is 0 Å². The molecule has 0 aliphatic carbocycles. The summed E-state index contributed by atoms with van der Waals surface area (Å²) in [6, 6.07) is 12.7. The summed E-state index contributed by atoms with van der Waals surface area (Å²) in [5.74, 6) is -1.30. The molecule has 0 fully saturated rings. The normalized spacial score (nSPS) is 11.1. The van der Waals surface area contributed by atoms with Crippen LogP contribution in [0.3, 0.4) is 0 Å². The van der Waals surface area contributed by atoms with E-state index in [0.29, 0.717) is 10.6 Å². The second-order valence-electron chi connectivity index (χ2n) is 8.79. The number of aryl methyl sites for hydroxylation is 2. The quantitative estimate of drug-likeness (QED) is 0.250. The highest BCUT2D eigenvalue weighted by atomic mass is 32.1. The van der Waals surface area contributed by atoms with E-state index in [0.717, 1.165) is 23.6 Å². The van der Waals surface area contributed by atoms with Crippen molar-refractivity contribution in [1.29, 1.82) is 0 Å². The fourth-order valence-corrected chi connectivity index (χ4v) is 5.43. The average molecular weight is 466 g/mol. The summed E-state index contributed by atoms with van der Waals surface area (Å²) in [6.45, 7) is 4.32. The molecule has 1 amide bonds. The van der Waals surface area contributed by atoms with Crippen LogP contribution >= 0.6 is 11.3 Å². The number of unbranched alkanes of at least 4 members (excludes halogenated alkanes) is 8. The zero-order valence-corrected chi connectivity index (χ0v) is 20.6. The standard InChI is InChI=1S/C28H35NO3S/c1-3-4-5-6-7-8-9-10-11-16-25-23-19-20(2)17-18-21(23)26(33-25)27(30)29-24-15-13-12-14-22(24)28(31)32/h12-15,17-19H,3-11,16H2,1-2H3,(H,29,30)(H,31,32). The third kappa shape index (κ3) is 6.91. The number of carboxylic acid groups (broad SMARTS) is 1. The van der Waals surface area contributed by atoms with Gasteiger partial charge < -0.3 is 10.4 Å². The fraction of sp³-hybridized carbons (Fsp3) is 0.429. The highest BCUT2D eigenvalue weighted by Crippen LogP contribution is 2.34. The number of rotatable bonds is 13. The maximum Gasteiger partial charge on any atom is 0.337 e. The number of hydrogen-bond donors (Lipinski definition) is 2. The second-order valence-corrected chi connectivity index (χ2v) is 9.89. The molecule has 4 nitrogen and oxygen atoms in total. The maximum absolute atomic E-state index is 13.1. The predicted molar refractivity (Wildman–Crippen MR) is 139 cm³/mol. The molecule has 0 bridgehead atoms. The summed E-state index contributed by atoms with van der Waals surface area (Å²) >= 11 is 1.54. The number of amides is 1. The minimum absolute atomic E-state index is 0.0949. The van der Waals surface area contributed by atoms with E-state index < -0.39 is 5.97 Å². The molecule has 3 aromatic rings. The molecule has 0 saturated carbocycles. The number of carboxylic acids is 1. The van der Waals surface area contributed by atoms with E-state index in [9.17, 15) is 14.7 Å². The van der Waals surface area contributed by atoms with E-state index in [-0.39, 0.29) is 11.5 Å². The molecule has 0 saturated heterocycles. The fourth-order valence-electron chi connectivity index (χ4n) is 4.23. The number of fused-ring (bicyclic) bond motifs is 1. The Balaban J connectivity index is 1.66. The van der Waals surface area contributed by atoms with Crippen molar-refractivity contribution in [2.45, 2.75) is 78.1 Å². The number of para-hydroxylation sites is 1. The van der Waals surface area contributed by atoms with Crippen LogP contribution in [0.15, 0.2) is 42.5 Å². The zero-order valence-electron chi connectivity index (χ0n) is 19.8. The Hall–Kier alpha value is -2.66. The molecule has 2 N–H and O–H groups in total. The van der Waals surface area contributed by atoms with Gasteiger partial charge in [-0.1, -0.05) is 94.2 Å². The van der Waals surface area contributed by atoms with Gasteiger partial charge >= 0.3 is 5.97 Å². The van der Waals surface area contributed by atoms with Crippen LogP contribution < -0.4 is 5.32 Å². The number of carbonyl (C=O) groups is 2. The van der Waals surface area contributed by atoms with Gasteiger partial charge in [-0.2, -0.15) is 0 Å². The van der Waals surface area contributed by atoms with E-state index >= 15 is 0 Å². The number of benzene rings is 2. The lowest BCUT2D eigenvalue weighted by Gasteiger charge is -2.07. The van der Waals surface area contributed by atoms with E-state index in [1.807, 2.05) is 12.1 Å². The Morgan fingerprint density at radius 2 is 1.55 bits per heavy atom. The van der Waals surface area contributed by atoms with Crippen LogP contribution in [0.25, 0.3) is 10.8 Å². The first-order valence-corrected chi connectivity index (χ1v) is 13.0. The first-order valence-electron chi connectivity index (χ1n) is 12.2. The summed E-state index contributed by atoms with van der Waals surface area (Å²) in [7, 11) is 0. The van der Waals surface area contributed by atoms with Crippen LogP contribution in [-0.2, 0) is 6.42 Å². The summed E-state index contributed by atoms with van der Waals surface area (Å²) in [6.07, 6.45) is 12.6. The molecule has 0 aliphatic rings. The predicted octanol–water partition coefficient (Wildman–Crippen LogP) is 8.23. The largest absolute Gasteiger partial charge is 0.478 e. The highest BCUT2D eigenvalue weighted by Gasteiger charge is 2.19. The summed E-state index contributed by atoms with van der Waals surface area (Å²) in [5, 5.41) is 14.3. The van der Waals surface area contributed by atoms with Crippen LogP contribution in [0.2, 0.25) is 0 Å². The van der Waals surface area contributed by atoms with E-state index in [2.05, 4.69) is 25.2 Å². The van der Waals surface area contributed by atoms with Gasteiger partial charge in [0, 0.05) is 10.3 Å². The van der Waals surface area contributed by atoms with E-state index in [1.54, 1.807) is 29.5 Å².